The van der Waals surface area contributed by atoms with E-state index in [1.165, 1.54) is 5.56 Å². The molecule has 1 heteroatoms. The molecule has 0 atom stereocenters. The average molecular weight is 169 g/mol. The van der Waals surface area contributed by atoms with Gasteiger partial charge >= 0.3 is 0 Å². The maximum atomic E-state index is 2.08. The first-order chi connectivity index (χ1) is 6.45. The van der Waals surface area contributed by atoms with Crippen LogP contribution in [0, 0.1) is 0 Å². The highest BCUT2D eigenvalue weighted by atomic mass is 14.9. The van der Waals surface area contributed by atoms with Crippen LogP contribution in [0.15, 0.2) is 54.9 Å². The Labute approximate surface area is 77.9 Å². The van der Waals surface area contributed by atoms with Gasteiger partial charge in [-0.3, -0.25) is 0 Å². The molecule has 2 aromatic rings. The second kappa shape index (κ2) is 3.76. The second-order valence-corrected chi connectivity index (χ2v) is 2.86. The predicted molar refractivity (Wildman–Crippen MR) is 56.1 cm³/mol. The number of rotatable bonds is 2. The Morgan fingerprint density at radius 2 is 1.54 bits per heavy atom. The minimum absolute atomic E-state index is 1.22. The van der Waals surface area contributed by atoms with E-state index in [1.54, 1.807) is 0 Å². The lowest BCUT2D eigenvalue weighted by molar-refractivity contribution is 1.18. The number of hydrogen-bond acceptors (Lipinski definition) is 0. The summed E-state index contributed by atoms with van der Waals surface area (Å²) in [4.78, 5) is 0. The van der Waals surface area contributed by atoms with Crippen molar-refractivity contribution in [3.05, 3.63) is 60.4 Å². The largest absolute Gasteiger partial charge is 0.331 e. The average Bonchev–Trinajstić information content (AvgIpc) is 2.69. The van der Waals surface area contributed by atoms with Gasteiger partial charge in [0.15, 0.2) is 0 Å². The van der Waals surface area contributed by atoms with Crippen LogP contribution in [0.2, 0.25) is 0 Å². The Bertz CT molecular complexity index is 371. The number of hydrogen-bond donors (Lipinski definition) is 0. The van der Waals surface area contributed by atoms with Crippen molar-refractivity contribution in [3.8, 4) is 0 Å². The van der Waals surface area contributed by atoms with Crippen molar-refractivity contribution in [2.75, 3.05) is 0 Å². The summed E-state index contributed by atoms with van der Waals surface area (Å²) in [6.07, 6.45) is 8.15. The van der Waals surface area contributed by atoms with Gasteiger partial charge in [0.1, 0.15) is 0 Å². The van der Waals surface area contributed by atoms with Gasteiger partial charge in [-0.05, 0) is 23.8 Å². The molecule has 2 rings (SSSR count). The molecular weight excluding hydrogens is 158 g/mol. The summed E-state index contributed by atoms with van der Waals surface area (Å²) in [6.45, 7) is 0. The predicted octanol–water partition coefficient (Wildman–Crippen LogP) is 3.12. The molecule has 0 aliphatic carbocycles. The third-order valence-corrected chi connectivity index (χ3v) is 1.87. The van der Waals surface area contributed by atoms with Gasteiger partial charge in [0.25, 0.3) is 0 Å². The normalized spacial score (nSPS) is 10.8. The molecule has 0 saturated carbocycles. The number of aromatic nitrogens is 1. The van der Waals surface area contributed by atoms with E-state index < -0.39 is 0 Å². The van der Waals surface area contributed by atoms with Crippen molar-refractivity contribution in [1.29, 1.82) is 0 Å². The van der Waals surface area contributed by atoms with Gasteiger partial charge in [-0.25, -0.2) is 0 Å². The van der Waals surface area contributed by atoms with Crippen LogP contribution >= 0.6 is 0 Å². The molecule has 0 amide bonds. The van der Waals surface area contributed by atoms with Gasteiger partial charge in [0.05, 0.1) is 0 Å². The Morgan fingerprint density at radius 1 is 0.846 bits per heavy atom. The standard InChI is InChI=1S/C12H11N/c1-2-6-12(7-3-1)8-11-13-9-4-5-10-13/h1-11H/b11-8+. The van der Waals surface area contributed by atoms with Gasteiger partial charge in [-0.1, -0.05) is 30.3 Å². The fraction of sp³-hybridized carbons (Fsp3) is 0. The summed E-state index contributed by atoms with van der Waals surface area (Å²) >= 11 is 0. The minimum atomic E-state index is 1.22. The molecule has 1 heterocycles. The molecule has 0 radical (unpaired) electrons. The molecule has 1 aromatic carbocycles. The van der Waals surface area contributed by atoms with E-state index in [1.807, 2.05) is 53.5 Å². The first kappa shape index (κ1) is 7.87. The molecule has 0 N–H and O–H groups in total. The summed E-state index contributed by atoms with van der Waals surface area (Å²) in [5.74, 6) is 0. The molecule has 1 nitrogen and oxygen atoms in total. The zero-order chi connectivity index (χ0) is 8.93. The van der Waals surface area contributed by atoms with Crippen LogP contribution < -0.4 is 0 Å². The molecule has 0 aliphatic rings. The smallest absolute Gasteiger partial charge is 0.00879 e. The van der Waals surface area contributed by atoms with E-state index in [4.69, 9.17) is 0 Å². The lowest BCUT2D eigenvalue weighted by Gasteiger charge is -1.92. The lowest BCUT2D eigenvalue weighted by Crippen LogP contribution is -1.77. The summed E-state index contributed by atoms with van der Waals surface area (Å²) in [7, 11) is 0. The topological polar surface area (TPSA) is 4.93 Å². The van der Waals surface area contributed by atoms with E-state index in [9.17, 15) is 0 Å². The second-order valence-electron chi connectivity index (χ2n) is 2.86. The molecule has 0 saturated heterocycles. The Hall–Kier alpha value is -1.76. The van der Waals surface area contributed by atoms with Crippen molar-refractivity contribution in [2.45, 2.75) is 0 Å². The molecule has 0 fully saturated rings. The molecule has 0 bridgehead atoms. The quantitative estimate of drug-likeness (QED) is 0.651. The van der Waals surface area contributed by atoms with Gasteiger partial charge < -0.3 is 4.57 Å². The maximum absolute atomic E-state index is 2.08. The van der Waals surface area contributed by atoms with Crippen LogP contribution in [0.4, 0.5) is 0 Å². The highest BCUT2D eigenvalue weighted by Gasteiger charge is 1.82. The SMILES string of the molecule is C(=C\n1cccc1)/c1ccccc1. The zero-order valence-corrected chi connectivity index (χ0v) is 7.30. The Balaban J connectivity index is 2.15. The van der Waals surface area contributed by atoms with Gasteiger partial charge in [-0.2, -0.15) is 0 Å². The van der Waals surface area contributed by atoms with Crippen molar-refractivity contribution >= 4 is 12.3 Å². The summed E-state index contributed by atoms with van der Waals surface area (Å²) in [5, 5.41) is 0. The van der Waals surface area contributed by atoms with Crippen LogP contribution in [0.1, 0.15) is 5.56 Å². The fourth-order valence-electron chi connectivity index (χ4n) is 1.18. The van der Waals surface area contributed by atoms with E-state index >= 15 is 0 Å². The highest BCUT2D eigenvalue weighted by molar-refractivity contribution is 5.60. The van der Waals surface area contributed by atoms with Crippen LogP contribution in [-0.4, -0.2) is 4.57 Å². The maximum Gasteiger partial charge on any atom is 0.00879 e. The highest BCUT2D eigenvalue weighted by Crippen LogP contribution is 2.02. The van der Waals surface area contributed by atoms with Gasteiger partial charge in [-0.15, -0.1) is 0 Å². The van der Waals surface area contributed by atoms with Crippen molar-refractivity contribution in [1.82, 2.24) is 4.57 Å². The third kappa shape index (κ3) is 2.09. The van der Waals surface area contributed by atoms with Gasteiger partial charge in [0.2, 0.25) is 0 Å². The molecular formula is C12H11N. The van der Waals surface area contributed by atoms with E-state index in [0.717, 1.165) is 0 Å². The van der Waals surface area contributed by atoms with Gasteiger partial charge in [0, 0.05) is 18.6 Å². The van der Waals surface area contributed by atoms with E-state index in [0.29, 0.717) is 0 Å². The summed E-state index contributed by atoms with van der Waals surface area (Å²) in [5.41, 5.74) is 1.22. The zero-order valence-electron chi connectivity index (χ0n) is 7.30. The minimum Gasteiger partial charge on any atom is -0.331 e. The van der Waals surface area contributed by atoms with E-state index in [-0.39, 0.29) is 0 Å². The summed E-state index contributed by atoms with van der Waals surface area (Å²) < 4.78 is 2.02. The molecule has 0 aliphatic heterocycles. The molecule has 1 aromatic heterocycles. The monoisotopic (exact) mass is 169 g/mol. The van der Waals surface area contributed by atoms with Crippen molar-refractivity contribution < 1.29 is 0 Å². The molecule has 0 spiro atoms. The van der Waals surface area contributed by atoms with Crippen LogP contribution in [-0.2, 0) is 0 Å². The first-order valence-corrected chi connectivity index (χ1v) is 4.31. The molecule has 0 unspecified atom stereocenters. The van der Waals surface area contributed by atoms with Crippen LogP contribution in [0.5, 0.6) is 0 Å². The fourth-order valence-corrected chi connectivity index (χ4v) is 1.18. The van der Waals surface area contributed by atoms with Crippen molar-refractivity contribution in [2.24, 2.45) is 0 Å². The first-order valence-electron chi connectivity index (χ1n) is 4.31. The Morgan fingerprint density at radius 3 is 2.23 bits per heavy atom. The summed E-state index contributed by atoms with van der Waals surface area (Å²) in [6, 6.07) is 14.3. The molecule has 64 valence electrons. The third-order valence-electron chi connectivity index (χ3n) is 1.87. The van der Waals surface area contributed by atoms with Crippen LogP contribution in [0.3, 0.4) is 0 Å². The lowest BCUT2D eigenvalue weighted by atomic mass is 10.2. The number of benzene rings is 1. The van der Waals surface area contributed by atoms with Crippen molar-refractivity contribution in [3.63, 3.8) is 0 Å². The number of nitrogens with zero attached hydrogens (tertiary/aromatic N) is 1. The Kier molecular flexibility index (Phi) is 2.28. The van der Waals surface area contributed by atoms with E-state index in [2.05, 4.69) is 18.2 Å². The van der Waals surface area contributed by atoms with Crippen LogP contribution in [0.25, 0.3) is 12.3 Å². The molecule has 13 heavy (non-hydrogen) atoms.